The molecule has 1 aliphatic carbocycles. The van der Waals surface area contributed by atoms with E-state index in [1.165, 1.54) is 22.3 Å². The molecule has 26 heavy (non-hydrogen) atoms. The van der Waals surface area contributed by atoms with Crippen LogP contribution in [0, 0.1) is 0 Å². The standard InChI is InChI=1S/C22H30N2O2/c1-23(2)11-13-25-19-7-9-21-17(15-19)5-6-18-16-20(8-10-22(18)21)26-14-12-24(3)4/h7-10,15-16H,5-6,11-14H2,1-4H3. The molecule has 0 N–H and O–H groups in total. The summed E-state index contributed by atoms with van der Waals surface area (Å²) < 4.78 is 11.8. The summed E-state index contributed by atoms with van der Waals surface area (Å²) in [6, 6.07) is 13.0. The van der Waals surface area contributed by atoms with Crippen molar-refractivity contribution >= 4 is 0 Å². The molecule has 0 aromatic heterocycles. The number of likely N-dealkylation sites (N-methyl/N-ethyl adjacent to an activating group) is 2. The van der Waals surface area contributed by atoms with Crippen LogP contribution in [0.3, 0.4) is 0 Å². The highest BCUT2D eigenvalue weighted by Gasteiger charge is 2.17. The van der Waals surface area contributed by atoms with Crippen molar-refractivity contribution in [1.29, 1.82) is 0 Å². The van der Waals surface area contributed by atoms with Gasteiger partial charge in [0.05, 0.1) is 0 Å². The van der Waals surface area contributed by atoms with Crippen LogP contribution in [0.4, 0.5) is 0 Å². The molecular formula is C22H30N2O2. The van der Waals surface area contributed by atoms with Crippen LogP contribution >= 0.6 is 0 Å². The van der Waals surface area contributed by atoms with E-state index in [9.17, 15) is 0 Å². The van der Waals surface area contributed by atoms with Gasteiger partial charge in [-0.15, -0.1) is 0 Å². The van der Waals surface area contributed by atoms with Gasteiger partial charge in [0, 0.05) is 13.1 Å². The van der Waals surface area contributed by atoms with E-state index in [2.05, 4.69) is 74.4 Å². The fourth-order valence-electron chi connectivity index (χ4n) is 3.22. The lowest BCUT2D eigenvalue weighted by Crippen LogP contribution is -2.19. The van der Waals surface area contributed by atoms with Crippen LogP contribution in [-0.2, 0) is 12.8 Å². The second-order valence-electron chi connectivity index (χ2n) is 7.44. The Balaban J connectivity index is 1.70. The lowest BCUT2D eigenvalue weighted by Gasteiger charge is -2.22. The number of ether oxygens (including phenoxy) is 2. The molecule has 1 aliphatic rings. The number of benzene rings is 2. The number of nitrogens with zero attached hydrogens (tertiary/aromatic N) is 2. The van der Waals surface area contributed by atoms with E-state index in [1.54, 1.807) is 0 Å². The van der Waals surface area contributed by atoms with Crippen molar-refractivity contribution in [1.82, 2.24) is 9.80 Å². The van der Waals surface area contributed by atoms with Gasteiger partial charge >= 0.3 is 0 Å². The van der Waals surface area contributed by atoms with Gasteiger partial charge in [-0.3, -0.25) is 0 Å². The Morgan fingerprint density at radius 2 is 1.12 bits per heavy atom. The SMILES string of the molecule is CN(C)CCOc1ccc2c(c1)CCc1cc(OCCN(C)C)ccc1-2. The topological polar surface area (TPSA) is 24.9 Å². The molecule has 0 heterocycles. The van der Waals surface area contributed by atoms with E-state index in [4.69, 9.17) is 9.47 Å². The zero-order valence-corrected chi connectivity index (χ0v) is 16.4. The first kappa shape index (κ1) is 18.7. The first-order valence-corrected chi connectivity index (χ1v) is 9.34. The molecule has 0 unspecified atom stereocenters. The number of hydrogen-bond donors (Lipinski definition) is 0. The molecule has 4 nitrogen and oxygen atoms in total. The predicted molar refractivity (Wildman–Crippen MR) is 107 cm³/mol. The highest BCUT2D eigenvalue weighted by Crippen LogP contribution is 2.37. The first-order chi connectivity index (χ1) is 12.5. The molecule has 0 aliphatic heterocycles. The summed E-state index contributed by atoms with van der Waals surface area (Å²) in [5, 5.41) is 0. The Morgan fingerprint density at radius 3 is 1.50 bits per heavy atom. The Bertz CT molecular complexity index is 677. The van der Waals surface area contributed by atoms with E-state index >= 15 is 0 Å². The third-order valence-corrected chi connectivity index (χ3v) is 4.72. The van der Waals surface area contributed by atoms with Crippen molar-refractivity contribution < 1.29 is 9.47 Å². The van der Waals surface area contributed by atoms with Gasteiger partial charge in [0.1, 0.15) is 24.7 Å². The zero-order valence-electron chi connectivity index (χ0n) is 16.4. The number of aryl methyl sites for hydroxylation is 2. The molecule has 2 aromatic carbocycles. The Kier molecular flexibility index (Phi) is 6.17. The summed E-state index contributed by atoms with van der Waals surface area (Å²) in [6.07, 6.45) is 2.10. The van der Waals surface area contributed by atoms with Gasteiger partial charge in [0.15, 0.2) is 0 Å². The molecule has 2 aromatic rings. The second-order valence-corrected chi connectivity index (χ2v) is 7.44. The Hall–Kier alpha value is -2.04. The predicted octanol–water partition coefficient (Wildman–Crippen LogP) is 3.33. The zero-order chi connectivity index (χ0) is 18.5. The third-order valence-electron chi connectivity index (χ3n) is 4.72. The molecule has 140 valence electrons. The molecule has 0 spiro atoms. The Labute approximate surface area is 157 Å². The van der Waals surface area contributed by atoms with Gasteiger partial charge in [-0.05, 0) is 87.6 Å². The van der Waals surface area contributed by atoms with Gasteiger partial charge in [0.25, 0.3) is 0 Å². The maximum absolute atomic E-state index is 5.89. The van der Waals surface area contributed by atoms with Crippen molar-refractivity contribution in [3.05, 3.63) is 47.5 Å². The van der Waals surface area contributed by atoms with Gasteiger partial charge in [0.2, 0.25) is 0 Å². The largest absolute Gasteiger partial charge is 0.492 e. The van der Waals surface area contributed by atoms with Crippen molar-refractivity contribution in [2.75, 3.05) is 54.5 Å². The van der Waals surface area contributed by atoms with E-state index in [0.29, 0.717) is 0 Å². The molecule has 0 atom stereocenters. The van der Waals surface area contributed by atoms with Crippen LogP contribution in [-0.4, -0.2) is 64.3 Å². The highest BCUT2D eigenvalue weighted by atomic mass is 16.5. The minimum Gasteiger partial charge on any atom is -0.492 e. The molecule has 0 saturated carbocycles. The molecule has 4 heteroatoms. The quantitative estimate of drug-likeness (QED) is 0.726. The van der Waals surface area contributed by atoms with Crippen molar-refractivity contribution in [2.24, 2.45) is 0 Å². The molecule has 3 rings (SSSR count). The molecule has 0 fully saturated rings. The average molecular weight is 354 g/mol. The number of fused-ring (bicyclic) bond motifs is 3. The van der Waals surface area contributed by atoms with Crippen molar-refractivity contribution in [3.8, 4) is 22.6 Å². The summed E-state index contributed by atoms with van der Waals surface area (Å²) in [6.45, 7) is 3.29. The number of hydrogen-bond acceptors (Lipinski definition) is 4. The van der Waals surface area contributed by atoms with Gasteiger partial charge < -0.3 is 19.3 Å². The summed E-state index contributed by atoms with van der Waals surface area (Å²) in [5.74, 6) is 1.94. The third kappa shape index (κ3) is 4.77. The van der Waals surface area contributed by atoms with Gasteiger partial charge in [-0.1, -0.05) is 12.1 Å². The molecule has 0 saturated heterocycles. The van der Waals surface area contributed by atoms with E-state index in [-0.39, 0.29) is 0 Å². The lowest BCUT2D eigenvalue weighted by molar-refractivity contribution is 0.261. The summed E-state index contributed by atoms with van der Waals surface area (Å²) in [5.41, 5.74) is 5.40. The molecule has 0 radical (unpaired) electrons. The molecular weight excluding hydrogens is 324 g/mol. The van der Waals surface area contributed by atoms with Crippen LogP contribution in [0.2, 0.25) is 0 Å². The van der Waals surface area contributed by atoms with Crippen LogP contribution in [0.1, 0.15) is 11.1 Å². The fourth-order valence-corrected chi connectivity index (χ4v) is 3.22. The normalized spacial score (nSPS) is 12.8. The fraction of sp³-hybridized carbons (Fsp3) is 0.455. The number of rotatable bonds is 8. The van der Waals surface area contributed by atoms with Gasteiger partial charge in [-0.2, -0.15) is 0 Å². The monoisotopic (exact) mass is 354 g/mol. The van der Waals surface area contributed by atoms with Crippen LogP contribution < -0.4 is 9.47 Å². The van der Waals surface area contributed by atoms with Crippen LogP contribution in [0.5, 0.6) is 11.5 Å². The smallest absolute Gasteiger partial charge is 0.119 e. The van der Waals surface area contributed by atoms with Crippen LogP contribution in [0.15, 0.2) is 36.4 Å². The maximum atomic E-state index is 5.89. The van der Waals surface area contributed by atoms with Crippen LogP contribution in [0.25, 0.3) is 11.1 Å². The van der Waals surface area contributed by atoms with E-state index in [0.717, 1.165) is 50.6 Å². The summed E-state index contributed by atoms with van der Waals surface area (Å²) in [4.78, 5) is 4.26. The minimum atomic E-state index is 0.718. The highest BCUT2D eigenvalue weighted by molar-refractivity contribution is 5.74. The first-order valence-electron chi connectivity index (χ1n) is 9.34. The average Bonchev–Trinajstić information content (AvgIpc) is 2.60. The lowest BCUT2D eigenvalue weighted by atomic mass is 9.85. The Morgan fingerprint density at radius 1 is 0.692 bits per heavy atom. The van der Waals surface area contributed by atoms with E-state index < -0.39 is 0 Å². The van der Waals surface area contributed by atoms with Crippen molar-refractivity contribution in [3.63, 3.8) is 0 Å². The second kappa shape index (κ2) is 8.56. The van der Waals surface area contributed by atoms with E-state index in [1.807, 2.05) is 0 Å². The summed E-state index contributed by atoms with van der Waals surface area (Å²) >= 11 is 0. The van der Waals surface area contributed by atoms with Gasteiger partial charge in [-0.25, -0.2) is 0 Å². The maximum Gasteiger partial charge on any atom is 0.119 e. The minimum absolute atomic E-state index is 0.718. The molecule has 0 bridgehead atoms. The molecule has 0 amide bonds. The summed E-state index contributed by atoms with van der Waals surface area (Å²) in [7, 11) is 8.24. The van der Waals surface area contributed by atoms with Crippen molar-refractivity contribution in [2.45, 2.75) is 12.8 Å².